The van der Waals surface area contributed by atoms with Crippen LogP contribution < -0.4 is 24.8 Å². The van der Waals surface area contributed by atoms with E-state index in [2.05, 4.69) is 103 Å². The van der Waals surface area contributed by atoms with Crippen LogP contribution in [0.2, 0.25) is 0 Å². The fourth-order valence-corrected chi connectivity index (χ4v) is 3.41. The van der Waals surface area contributed by atoms with Gasteiger partial charge in [-0.25, -0.2) is 11.6 Å². The summed E-state index contributed by atoms with van der Waals surface area (Å²) < 4.78 is 2.33. The Hall–Kier alpha value is -1.47. The number of fused-ring (bicyclic) bond motifs is 2. The number of aromatic nitrogens is 1. The fraction of sp³-hybridized carbons (Fsp3) is 0.125. The number of aryl methyl sites for hydroxylation is 1. The van der Waals surface area contributed by atoms with Crippen molar-refractivity contribution in [2.75, 3.05) is 0 Å². The summed E-state index contributed by atoms with van der Waals surface area (Å²) in [6, 6.07) is 23.8. The number of rotatable bonds is 1. The molecular formula is C24H21Cl2NZr. The number of hydrogen-bond donors (Lipinski definition) is 0. The normalized spacial score (nSPS) is 11.7. The first-order chi connectivity index (χ1) is 12.2. The van der Waals surface area contributed by atoms with Crippen LogP contribution in [0, 0.1) is 13.0 Å². The number of nitrogens with zero attached hydrogens (tertiary/aromatic N) is 1. The molecule has 1 heterocycles. The summed E-state index contributed by atoms with van der Waals surface area (Å²) in [5.41, 5.74) is 5.07. The average Bonchev–Trinajstić information content (AvgIpc) is 3.32. The Morgan fingerprint density at radius 2 is 1.57 bits per heavy atom. The largest absolute Gasteiger partial charge is 4.00 e. The van der Waals surface area contributed by atoms with Gasteiger partial charge in [0.2, 0.25) is 0 Å². The van der Waals surface area contributed by atoms with Crippen molar-refractivity contribution in [3.63, 3.8) is 0 Å². The zero-order valence-corrected chi connectivity index (χ0v) is 19.9. The summed E-state index contributed by atoms with van der Waals surface area (Å²) >= 11 is 0. The molecule has 4 aromatic rings. The van der Waals surface area contributed by atoms with Gasteiger partial charge in [-0.3, -0.25) is 6.08 Å². The second kappa shape index (κ2) is 10.9. The summed E-state index contributed by atoms with van der Waals surface area (Å²) in [4.78, 5) is 0. The van der Waals surface area contributed by atoms with Crippen LogP contribution in [0.5, 0.6) is 0 Å². The number of hydrogen-bond acceptors (Lipinski definition) is 0. The number of para-hydroxylation sites is 1. The van der Waals surface area contributed by atoms with Crippen LogP contribution in [0.4, 0.5) is 0 Å². The van der Waals surface area contributed by atoms with Crippen LogP contribution in [-0.4, -0.2) is 4.57 Å². The molecule has 0 radical (unpaired) electrons. The summed E-state index contributed by atoms with van der Waals surface area (Å²) in [7, 11) is 0. The first kappa shape index (κ1) is 24.6. The molecule has 0 saturated heterocycles. The Labute approximate surface area is 198 Å². The molecule has 0 fully saturated rings. The van der Waals surface area contributed by atoms with Crippen molar-refractivity contribution in [3.05, 3.63) is 96.2 Å². The fourth-order valence-electron chi connectivity index (χ4n) is 3.41. The topological polar surface area (TPSA) is 4.93 Å². The maximum Gasteiger partial charge on any atom is 4.00 e. The van der Waals surface area contributed by atoms with Gasteiger partial charge in [-0.15, -0.1) is 47.5 Å². The zero-order valence-electron chi connectivity index (χ0n) is 15.9. The molecule has 0 amide bonds. The first-order valence-electron chi connectivity index (χ1n) is 8.69. The number of halogens is 2. The molecule has 0 atom stereocenters. The number of benzene rings is 2. The molecule has 0 saturated carbocycles. The molecule has 0 unspecified atom stereocenters. The minimum Gasteiger partial charge on any atom is -1.00 e. The third-order valence-corrected chi connectivity index (χ3v) is 4.62. The monoisotopic (exact) mass is 483 g/mol. The molecule has 0 bridgehead atoms. The molecule has 1 aliphatic carbocycles. The van der Waals surface area contributed by atoms with Gasteiger partial charge in [0.15, 0.2) is 0 Å². The van der Waals surface area contributed by atoms with Crippen molar-refractivity contribution in [2.24, 2.45) is 0 Å². The zero-order chi connectivity index (χ0) is 17.2. The molecule has 5 rings (SSSR count). The molecule has 0 N–H and O–H groups in total. The van der Waals surface area contributed by atoms with E-state index in [1.807, 2.05) is 0 Å². The quantitative estimate of drug-likeness (QED) is 0.347. The molecule has 0 spiro atoms. The van der Waals surface area contributed by atoms with E-state index in [1.165, 1.54) is 38.6 Å². The van der Waals surface area contributed by atoms with E-state index in [0.717, 1.165) is 6.42 Å². The average molecular weight is 486 g/mol. The van der Waals surface area contributed by atoms with Crippen molar-refractivity contribution in [2.45, 2.75) is 20.3 Å². The summed E-state index contributed by atoms with van der Waals surface area (Å²) in [5, 5.41) is 3.90. The van der Waals surface area contributed by atoms with Gasteiger partial charge in [0.25, 0.3) is 0 Å². The van der Waals surface area contributed by atoms with Gasteiger partial charge in [0.05, 0.1) is 5.52 Å². The van der Waals surface area contributed by atoms with Crippen LogP contribution >= 0.6 is 0 Å². The molecule has 28 heavy (non-hydrogen) atoms. The van der Waals surface area contributed by atoms with E-state index in [9.17, 15) is 0 Å². The van der Waals surface area contributed by atoms with E-state index in [4.69, 9.17) is 0 Å². The van der Waals surface area contributed by atoms with Crippen LogP contribution in [0.15, 0.2) is 84.5 Å². The Kier molecular flexibility index (Phi) is 9.57. The van der Waals surface area contributed by atoms with Crippen molar-refractivity contribution < 1.29 is 51.0 Å². The van der Waals surface area contributed by atoms with Crippen LogP contribution in [0.25, 0.3) is 27.4 Å². The number of allylic oxidation sites excluding steroid dienone is 4. The van der Waals surface area contributed by atoms with Crippen LogP contribution in [0.3, 0.4) is 0 Å². The maximum absolute atomic E-state index is 3.12. The summed E-state index contributed by atoms with van der Waals surface area (Å²) in [6.45, 7) is 4.22. The van der Waals surface area contributed by atoms with Crippen molar-refractivity contribution >= 4 is 21.7 Å². The minimum atomic E-state index is 0. The van der Waals surface area contributed by atoms with Crippen molar-refractivity contribution in [3.8, 4) is 5.69 Å². The van der Waals surface area contributed by atoms with E-state index >= 15 is 0 Å². The van der Waals surface area contributed by atoms with Gasteiger partial charge < -0.3 is 29.4 Å². The third kappa shape index (κ3) is 5.12. The molecule has 0 aliphatic heterocycles. The molecule has 1 aromatic heterocycles. The van der Waals surface area contributed by atoms with Gasteiger partial charge in [-0.1, -0.05) is 31.2 Å². The van der Waals surface area contributed by atoms with Gasteiger partial charge in [0, 0.05) is 11.1 Å². The molecule has 3 aromatic carbocycles. The van der Waals surface area contributed by atoms with Gasteiger partial charge in [0.1, 0.15) is 0 Å². The third-order valence-electron chi connectivity index (χ3n) is 4.62. The summed E-state index contributed by atoms with van der Waals surface area (Å²) in [5.74, 6) is 0. The van der Waals surface area contributed by atoms with Crippen LogP contribution in [-0.2, 0) is 26.2 Å². The van der Waals surface area contributed by atoms with Gasteiger partial charge >= 0.3 is 26.2 Å². The second-order valence-corrected chi connectivity index (χ2v) is 6.49. The minimum absolute atomic E-state index is 0. The Bertz CT molecular complexity index is 1070. The van der Waals surface area contributed by atoms with Gasteiger partial charge in [-0.2, -0.15) is 6.08 Å². The van der Waals surface area contributed by atoms with E-state index in [1.54, 1.807) is 0 Å². The SMILES string of the molecule is CC1=[C-]CC=C1.Cc1cc2ccccc2n1-c1cc2ccccc2[cH-]1.[Cl-].[Cl-].[Zr+4]. The molecule has 1 nitrogen and oxygen atoms in total. The smallest absolute Gasteiger partial charge is 1.00 e. The van der Waals surface area contributed by atoms with E-state index < -0.39 is 0 Å². The van der Waals surface area contributed by atoms with E-state index in [-0.39, 0.29) is 51.0 Å². The first-order valence-corrected chi connectivity index (χ1v) is 8.69. The standard InChI is InChI=1S/C18H14N.C6H7.2ClH.Zr/c1-13-10-16-8-4-5-9-18(16)19(13)17-11-14-6-2-3-7-15(14)12-17;1-6-4-2-3-5-6;;;/h2-12H,1H3;2,4H,3H2,1H3;2*1H;/q2*-1;;;+4/p-2. The predicted molar refractivity (Wildman–Crippen MR) is 107 cm³/mol. The second-order valence-electron chi connectivity index (χ2n) is 6.49. The Morgan fingerprint density at radius 3 is 2.18 bits per heavy atom. The summed E-state index contributed by atoms with van der Waals surface area (Å²) in [6.07, 6.45) is 8.33. The van der Waals surface area contributed by atoms with Crippen LogP contribution in [0.1, 0.15) is 19.0 Å². The van der Waals surface area contributed by atoms with Crippen molar-refractivity contribution in [1.29, 1.82) is 0 Å². The van der Waals surface area contributed by atoms with E-state index in [0.29, 0.717) is 0 Å². The molecular weight excluding hydrogens is 464 g/mol. The molecule has 4 heteroatoms. The van der Waals surface area contributed by atoms with Gasteiger partial charge in [-0.05, 0) is 24.7 Å². The Balaban J connectivity index is 0.000000380. The molecule has 1 aliphatic rings. The van der Waals surface area contributed by atoms with Crippen molar-refractivity contribution in [1.82, 2.24) is 4.57 Å². The molecule has 140 valence electrons. The predicted octanol–water partition coefficient (Wildman–Crippen LogP) is 0.512. The Morgan fingerprint density at radius 1 is 0.893 bits per heavy atom. The maximum atomic E-state index is 3.12.